The summed E-state index contributed by atoms with van der Waals surface area (Å²) < 4.78 is 37.5. The smallest absolute Gasteiger partial charge is 0.241 e. The summed E-state index contributed by atoms with van der Waals surface area (Å²) in [5.74, 6) is -1.50. The molecule has 1 atom stereocenters. The minimum Gasteiger partial charge on any atom is -0.419 e. The summed E-state index contributed by atoms with van der Waals surface area (Å²) in [5.41, 5.74) is 2.51. The molecule has 1 aromatic heterocycles. The number of ether oxygens (including phenoxy) is 2. The Balaban J connectivity index is 0.00000253. The highest BCUT2D eigenvalue weighted by atomic mass is 32.2. The molecule has 1 aliphatic rings. The van der Waals surface area contributed by atoms with Crippen molar-refractivity contribution >= 4 is 22.6 Å². The number of aryl methyl sites for hydroxylation is 1. The third kappa shape index (κ3) is 6.69. The fourth-order valence-electron chi connectivity index (χ4n) is 3.51. The van der Waals surface area contributed by atoms with Gasteiger partial charge in [0, 0.05) is 25.1 Å². The topological polar surface area (TPSA) is 153 Å². The largest absolute Gasteiger partial charge is 0.419 e. The third-order valence-corrected chi connectivity index (χ3v) is 7.29. The summed E-state index contributed by atoms with van der Waals surface area (Å²) in [4.78, 5) is 9.53. The molecule has 3 aromatic rings. The van der Waals surface area contributed by atoms with Gasteiger partial charge in [0.25, 0.3) is 0 Å². The molecule has 1 fully saturated rings. The summed E-state index contributed by atoms with van der Waals surface area (Å²) >= 11 is 0. The number of nitrogens with zero attached hydrogens (tertiary/aromatic N) is 2. The van der Waals surface area contributed by atoms with E-state index in [1.165, 1.54) is 12.1 Å². The number of hydrogen-bond acceptors (Lipinski definition) is 8. The summed E-state index contributed by atoms with van der Waals surface area (Å²) in [6.45, 7) is 7.26. The minimum absolute atomic E-state index is 0. The van der Waals surface area contributed by atoms with Gasteiger partial charge >= 0.3 is 0 Å². The average molecular weight is 532 g/mol. The van der Waals surface area contributed by atoms with Gasteiger partial charge in [-0.25, -0.2) is 9.37 Å². The summed E-state index contributed by atoms with van der Waals surface area (Å²) in [6, 6.07) is 12.0. The molecule has 4 rings (SSSR count). The van der Waals surface area contributed by atoms with Crippen molar-refractivity contribution in [1.29, 1.82) is 10.8 Å². The summed E-state index contributed by atoms with van der Waals surface area (Å²) in [7, 11) is -1.10. The molecule has 0 bridgehead atoms. The Morgan fingerprint density at radius 3 is 2.51 bits per heavy atom. The number of benzene rings is 2. The number of hydrogen-bond donors (Lipinski definition) is 3. The van der Waals surface area contributed by atoms with Crippen LogP contribution in [0, 0.1) is 23.6 Å². The zero-order chi connectivity index (χ0) is 25.8. The molecule has 0 spiro atoms. The molecule has 5 N–H and O–H groups in total. The molecule has 0 aliphatic carbocycles. The molecule has 200 valence electrons. The Kier molecular flexibility index (Phi) is 9.33. The third-order valence-electron chi connectivity index (χ3n) is 5.70. The maximum absolute atomic E-state index is 14.7. The molecule has 9 nitrogen and oxygen atoms in total. The Morgan fingerprint density at radius 1 is 1.22 bits per heavy atom. The number of nitrogens with one attached hydrogen (secondary N) is 3. The second kappa shape index (κ2) is 12.2. The lowest BCUT2D eigenvalue weighted by Crippen LogP contribution is -2.45. The summed E-state index contributed by atoms with van der Waals surface area (Å²) in [6.07, 6.45) is 1.58. The van der Waals surface area contributed by atoms with E-state index in [1.807, 2.05) is 13.8 Å². The normalized spacial score (nSPS) is 14.0. The van der Waals surface area contributed by atoms with E-state index in [0.29, 0.717) is 31.1 Å². The molecular formula is C26H34FN5O4S. The van der Waals surface area contributed by atoms with Crippen LogP contribution < -0.4 is 5.32 Å². The van der Waals surface area contributed by atoms with Crippen LogP contribution in [0.3, 0.4) is 0 Å². The van der Waals surface area contributed by atoms with Gasteiger partial charge in [-0.1, -0.05) is 32.0 Å². The van der Waals surface area contributed by atoms with Crippen LogP contribution in [0.15, 0.2) is 53.6 Å². The molecule has 0 amide bonds. The molecule has 1 aliphatic heterocycles. The molecule has 1 unspecified atom stereocenters. The van der Waals surface area contributed by atoms with Crippen LogP contribution in [-0.2, 0) is 26.8 Å². The molecule has 11 heteroatoms. The molecule has 2 aromatic carbocycles. The van der Waals surface area contributed by atoms with Crippen LogP contribution in [0.2, 0.25) is 0 Å². The average Bonchev–Trinajstić information content (AvgIpc) is 2.83. The van der Waals surface area contributed by atoms with E-state index in [1.54, 1.807) is 43.5 Å². The number of rotatable bonds is 8. The Labute approximate surface area is 220 Å². The minimum atomic E-state index is -1.10. The molecular weight excluding hydrogens is 497 g/mol. The van der Waals surface area contributed by atoms with Gasteiger partial charge in [0.05, 0.1) is 53.2 Å². The first kappa shape index (κ1) is 28.2. The molecule has 2 heterocycles. The molecule has 37 heavy (non-hydrogen) atoms. The van der Waals surface area contributed by atoms with E-state index in [-0.39, 0.29) is 30.9 Å². The lowest BCUT2D eigenvalue weighted by molar-refractivity contribution is -0.00579. The van der Waals surface area contributed by atoms with Crippen LogP contribution in [0.1, 0.15) is 39.2 Å². The zero-order valence-electron chi connectivity index (χ0n) is 20.8. The van der Waals surface area contributed by atoms with E-state index < -0.39 is 28.4 Å². The van der Waals surface area contributed by atoms with Crippen LogP contribution >= 0.6 is 0 Å². The first-order valence-corrected chi connectivity index (χ1v) is 12.7. The fourth-order valence-corrected chi connectivity index (χ4v) is 4.46. The van der Waals surface area contributed by atoms with Crippen molar-refractivity contribution < 1.29 is 26.4 Å². The monoisotopic (exact) mass is 531 g/mol. The van der Waals surface area contributed by atoms with E-state index in [2.05, 4.69) is 15.3 Å². The van der Waals surface area contributed by atoms with Crippen molar-refractivity contribution in [3.63, 3.8) is 0 Å². The lowest BCUT2D eigenvalue weighted by Gasteiger charge is -2.27. The van der Waals surface area contributed by atoms with Gasteiger partial charge in [0.2, 0.25) is 11.8 Å². The van der Waals surface area contributed by atoms with E-state index in [0.717, 1.165) is 16.0 Å². The van der Waals surface area contributed by atoms with Crippen molar-refractivity contribution in [3.05, 3.63) is 77.0 Å². The van der Waals surface area contributed by atoms with Crippen molar-refractivity contribution in [3.8, 4) is 11.3 Å². The number of halogens is 1. The van der Waals surface area contributed by atoms with Crippen molar-refractivity contribution in [2.45, 2.75) is 43.5 Å². The van der Waals surface area contributed by atoms with Crippen LogP contribution in [0.25, 0.3) is 11.3 Å². The predicted octanol–water partition coefficient (Wildman–Crippen LogP) is 3.63. The fraction of sp³-hybridized carbons (Fsp3) is 0.308. The maximum atomic E-state index is 14.7. The predicted molar refractivity (Wildman–Crippen MR) is 144 cm³/mol. The van der Waals surface area contributed by atoms with Crippen LogP contribution in [0.4, 0.5) is 4.39 Å². The van der Waals surface area contributed by atoms with E-state index in [9.17, 15) is 8.60 Å². The lowest BCUT2D eigenvalue weighted by atomic mass is 10.1. The molecule has 0 radical (unpaired) electrons. The van der Waals surface area contributed by atoms with Gasteiger partial charge in [-0.2, -0.15) is 0 Å². The van der Waals surface area contributed by atoms with Gasteiger partial charge in [-0.15, -0.1) is 0 Å². The van der Waals surface area contributed by atoms with Gasteiger partial charge in [0.15, 0.2) is 0 Å². The van der Waals surface area contributed by atoms with Gasteiger partial charge in [-0.05, 0) is 36.8 Å². The van der Waals surface area contributed by atoms with E-state index >= 15 is 0 Å². The van der Waals surface area contributed by atoms with Gasteiger partial charge < -0.3 is 20.3 Å². The van der Waals surface area contributed by atoms with Crippen molar-refractivity contribution in [1.82, 2.24) is 15.3 Å². The molecule has 1 saturated heterocycles. The first-order valence-electron chi connectivity index (χ1n) is 11.5. The Morgan fingerprint density at radius 2 is 1.92 bits per heavy atom. The van der Waals surface area contributed by atoms with Gasteiger partial charge in [0.1, 0.15) is 11.5 Å². The van der Waals surface area contributed by atoms with Gasteiger partial charge in [-0.3, -0.25) is 20.0 Å². The SMILES string of the molecule is Cc1ncc(-c2ccc(S(=O)C(C)C)cc2)nc1C(=N)OC(=N)c1ccc(CNC2COC2)cc1F.O.[HH].[HH]. The van der Waals surface area contributed by atoms with Crippen LogP contribution in [-0.4, -0.2) is 56.0 Å². The maximum Gasteiger partial charge on any atom is 0.241 e. The molecule has 0 saturated carbocycles. The highest BCUT2D eigenvalue weighted by molar-refractivity contribution is 7.85. The first-order chi connectivity index (χ1) is 17.2. The van der Waals surface area contributed by atoms with E-state index in [4.69, 9.17) is 20.3 Å². The summed E-state index contributed by atoms with van der Waals surface area (Å²) in [5, 5.41) is 19.8. The standard InChI is InChI=1S/C26H28FN5O3S.H2O.2H2/c1-15(2)36(33)20-7-5-18(6-8-20)23-12-30-16(3)24(32-23)26(29)35-25(28)21-9-4-17(10-22(21)27)11-31-19-13-34-14-19;;;/h4-10,12,15,19,28-29,31H,11,13-14H2,1-3H3;1H2;2*1H. The van der Waals surface area contributed by atoms with Crippen LogP contribution in [0.5, 0.6) is 0 Å². The number of aromatic nitrogens is 2. The Bertz CT molecular complexity index is 1320. The highest BCUT2D eigenvalue weighted by Gasteiger charge is 2.19. The van der Waals surface area contributed by atoms with Crippen molar-refractivity contribution in [2.75, 3.05) is 13.2 Å². The Hall–Kier alpha value is -3.38. The second-order valence-corrected chi connectivity index (χ2v) is 10.8. The zero-order valence-corrected chi connectivity index (χ0v) is 21.6. The van der Waals surface area contributed by atoms with Crippen molar-refractivity contribution in [2.24, 2.45) is 0 Å². The second-order valence-electron chi connectivity index (χ2n) is 8.75. The highest BCUT2D eigenvalue weighted by Crippen LogP contribution is 2.21. The quantitative estimate of drug-likeness (QED) is 0.298.